The van der Waals surface area contributed by atoms with Gasteiger partial charge in [-0.1, -0.05) is 38.1 Å². The van der Waals surface area contributed by atoms with Crippen LogP contribution >= 0.6 is 0 Å². The molecule has 1 nitrogen and oxygen atoms in total. The van der Waals surface area contributed by atoms with Gasteiger partial charge in [0.2, 0.25) is 0 Å². The van der Waals surface area contributed by atoms with Crippen LogP contribution in [0.2, 0.25) is 0 Å². The SMILES string of the molecule is CC.CC(C)(C)N1Cc2ccccc2C1. The number of nitrogens with zero attached hydrogens (tertiary/aromatic N) is 1. The lowest BCUT2D eigenvalue weighted by atomic mass is 10.1. The lowest BCUT2D eigenvalue weighted by Crippen LogP contribution is -2.36. The molecule has 0 radical (unpaired) electrons. The minimum Gasteiger partial charge on any atom is -0.290 e. The second-order valence-electron chi connectivity index (χ2n) is 4.80. The molecule has 0 aromatic heterocycles. The molecule has 1 heterocycles. The fraction of sp³-hybridized carbons (Fsp3) is 0.571. The van der Waals surface area contributed by atoms with Gasteiger partial charge in [-0.05, 0) is 31.9 Å². The molecule has 0 aliphatic carbocycles. The zero-order valence-corrected chi connectivity index (χ0v) is 10.7. The molecule has 0 spiro atoms. The predicted octanol–water partition coefficient (Wildman–Crippen LogP) is 3.83. The fourth-order valence-corrected chi connectivity index (χ4v) is 1.81. The third kappa shape index (κ3) is 2.82. The smallest absolute Gasteiger partial charge is 0.0245 e. The van der Waals surface area contributed by atoms with Crippen LogP contribution in [0, 0.1) is 0 Å². The van der Waals surface area contributed by atoms with Crippen LogP contribution in [-0.4, -0.2) is 10.4 Å². The predicted molar refractivity (Wildman–Crippen MR) is 66.8 cm³/mol. The van der Waals surface area contributed by atoms with Gasteiger partial charge in [0.05, 0.1) is 0 Å². The van der Waals surface area contributed by atoms with Gasteiger partial charge in [0.25, 0.3) is 0 Å². The zero-order chi connectivity index (χ0) is 11.5. The van der Waals surface area contributed by atoms with Gasteiger partial charge in [-0.2, -0.15) is 0 Å². The summed E-state index contributed by atoms with van der Waals surface area (Å²) in [5.74, 6) is 0. The third-order valence-corrected chi connectivity index (χ3v) is 2.79. The fourth-order valence-electron chi connectivity index (χ4n) is 1.81. The second kappa shape index (κ2) is 4.80. The van der Waals surface area contributed by atoms with Crippen LogP contribution < -0.4 is 0 Å². The molecule has 0 unspecified atom stereocenters. The Bertz CT molecular complexity index is 284. The van der Waals surface area contributed by atoms with E-state index in [1.165, 1.54) is 11.1 Å². The normalized spacial score (nSPS) is 15.5. The van der Waals surface area contributed by atoms with Crippen LogP contribution in [0.4, 0.5) is 0 Å². The number of fused-ring (bicyclic) bond motifs is 1. The van der Waals surface area contributed by atoms with Gasteiger partial charge in [0.15, 0.2) is 0 Å². The summed E-state index contributed by atoms with van der Waals surface area (Å²) in [4.78, 5) is 2.51. The van der Waals surface area contributed by atoms with Gasteiger partial charge in [-0.25, -0.2) is 0 Å². The first-order valence-electron chi connectivity index (χ1n) is 5.89. The highest BCUT2D eigenvalue weighted by molar-refractivity contribution is 5.30. The van der Waals surface area contributed by atoms with Crippen LogP contribution in [0.15, 0.2) is 24.3 Å². The van der Waals surface area contributed by atoms with Crippen LogP contribution in [0.1, 0.15) is 45.7 Å². The van der Waals surface area contributed by atoms with E-state index in [4.69, 9.17) is 0 Å². The summed E-state index contributed by atoms with van der Waals surface area (Å²) in [6.07, 6.45) is 0. The van der Waals surface area contributed by atoms with Gasteiger partial charge >= 0.3 is 0 Å². The lowest BCUT2D eigenvalue weighted by Gasteiger charge is -2.31. The molecule has 1 aliphatic rings. The molecule has 2 rings (SSSR count). The highest BCUT2D eigenvalue weighted by Crippen LogP contribution is 2.28. The van der Waals surface area contributed by atoms with Crippen molar-refractivity contribution in [3.05, 3.63) is 35.4 Å². The summed E-state index contributed by atoms with van der Waals surface area (Å²) in [6, 6.07) is 8.73. The summed E-state index contributed by atoms with van der Waals surface area (Å²) in [6.45, 7) is 13.1. The molecule has 0 N–H and O–H groups in total. The number of hydrogen-bond donors (Lipinski definition) is 0. The lowest BCUT2D eigenvalue weighted by molar-refractivity contribution is 0.136. The molecule has 15 heavy (non-hydrogen) atoms. The van der Waals surface area contributed by atoms with E-state index in [2.05, 4.69) is 49.9 Å². The van der Waals surface area contributed by atoms with E-state index in [-0.39, 0.29) is 0 Å². The molecule has 0 fully saturated rings. The van der Waals surface area contributed by atoms with Crippen LogP contribution in [0.25, 0.3) is 0 Å². The van der Waals surface area contributed by atoms with Crippen LogP contribution in [-0.2, 0) is 13.1 Å². The molecular formula is C14H23N. The number of rotatable bonds is 0. The quantitative estimate of drug-likeness (QED) is 0.622. The monoisotopic (exact) mass is 205 g/mol. The maximum atomic E-state index is 2.51. The van der Waals surface area contributed by atoms with Crippen molar-refractivity contribution in [1.82, 2.24) is 4.90 Å². The van der Waals surface area contributed by atoms with Crippen molar-refractivity contribution in [3.63, 3.8) is 0 Å². The molecule has 1 heteroatoms. The highest BCUT2D eigenvalue weighted by Gasteiger charge is 2.27. The van der Waals surface area contributed by atoms with Crippen LogP contribution in [0.3, 0.4) is 0 Å². The van der Waals surface area contributed by atoms with E-state index in [0.717, 1.165) is 13.1 Å². The number of hydrogen-bond acceptors (Lipinski definition) is 1. The molecule has 84 valence electrons. The molecular weight excluding hydrogens is 182 g/mol. The van der Waals surface area contributed by atoms with Crippen molar-refractivity contribution in [2.75, 3.05) is 0 Å². The first-order valence-corrected chi connectivity index (χ1v) is 5.89. The summed E-state index contributed by atoms with van der Waals surface area (Å²) >= 11 is 0. The zero-order valence-electron chi connectivity index (χ0n) is 10.7. The third-order valence-electron chi connectivity index (χ3n) is 2.79. The average Bonchev–Trinajstić information content (AvgIpc) is 2.63. The molecule has 1 aromatic rings. The summed E-state index contributed by atoms with van der Waals surface area (Å²) < 4.78 is 0. The molecule has 1 aliphatic heterocycles. The van der Waals surface area contributed by atoms with E-state index < -0.39 is 0 Å². The summed E-state index contributed by atoms with van der Waals surface area (Å²) in [5.41, 5.74) is 3.29. The Morgan fingerprint density at radius 3 is 1.67 bits per heavy atom. The van der Waals surface area contributed by atoms with Crippen molar-refractivity contribution < 1.29 is 0 Å². The summed E-state index contributed by atoms with van der Waals surface area (Å²) in [5, 5.41) is 0. The molecule has 0 atom stereocenters. The maximum absolute atomic E-state index is 2.51. The van der Waals surface area contributed by atoms with E-state index in [9.17, 15) is 0 Å². The Morgan fingerprint density at radius 2 is 1.33 bits per heavy atom. The molecule has 0 saturated heterocycles. The van der Waals surface area contributed by atoms with Gasteiger partial charge in [0.1, 0.15) is 0 Å². The van der Waals surface area contributed by atoms with Gasteiger partial charge in [-0.15, -0.1) is 0 Å². The Labute approximate surface area is 94.1 Å². The average molecular weight is 205 g/mol. The van der Waals surface area contributed by atoms with Gasteiger partial charge in [0, 0.05) is 18.6 Å². The molecule has 0 bridgehead atoms. The minimum absolute atomic E-state index is 0.291. The highest BCUT2D eigenvalue weighted by atomic mass is 15.2. The Morgan fingerprint density at radius 1 is 0.933 bits per heavy atom. The van der Waals surface area contributed by atoms with Crippen molar-refractivity contribution >= 4 is 0 Å². The second-order valence-corrected chi connectivity index (χ2v) is 4.80. The van der Waals surface area contributed by atoms with Gasteiger partial charge in [-0.3, -0.25) is 4.90 Å². The topological polar surface area (TPSA) is 3.24 Å². The van der Waals surface area contributed by atoms with E-state index in [1.54, 1.807) is 0 Å². The first-order chi connectivity index (χ1) is 7.07. The number of benzene rings is 1. The summed E-state index contributed by atoms with van der Waals surface area (Å²) in [7, 11) is 0. The van der Waals surface area contributed by atoms with E-state index in [0.29, 0.717) is 5.54 Å². The first kappa shape index (κ1) is 12.3. The Hall–Kier alpha value is -0.820. The standard InChI is InChI=1S/C12H17N.C2H6/c1-12(2,3)13-8-10-6-4-5-7-11(10)9-13;1-2/h4-7H,8-9H2,1-3H3;1-2H3. The molecule has 0 amide bonds. The van der Waals surface area contributed by atoms with E-state index >= 15 is 0 Å². The van der Waals surface area contributed by atoms with Crippen molar-refractivity contribution in [1.29, 1.82) is 0 Å². The maximum Gasteiger partial charge on any atom is 0.0245 e. The largest absolute Gasteiger partial charge is 0.290 e. The van der Waals surface area contributed by atoms with Crippen molar-refractivity contribution in [3.8, 4) is 0 Å². The van der Waals surface area contributed by atoms with Crippen molar-refractivity contribution in [2.45, 2.75) is 53.2 Å². The molecule has 0 saturated carbocycles. The molecule has 1 aromatic carbocycles. The van der Waals surface area contributed by atoms with E-state index in [1.807, 2.05) is 13.8 Å². The minimum atomic E-state index is 0.291. The van der Waals surface area contributed by atoms with Crippen molar-refractivity contribution in [2.24, 2.45) is 0 Å². The van der Waals surface area contributed by atoms with Crippen LogP contribution in [0.5, 0.6) is 0 Å². The Kier molecular flexibility index (Phi) is 3.92. The Balaban J connectivity index is 0.000000531. The van der Waals surface area contributed by atoms with Gasteiger partial charge < -0.3 is 0 Å².